The molecule has 16 heteroatoms. The summed E-state index contributed by atoms with van der Waals surface area (Å²) in [4.78, 5) is 70.5. The minimum atomic E-state index is -1.46. The molecule has 0 saturated heterocycles. The van der Waals surface area contributed by atoms with Crippen LogP contribution in [-0.2, 0) is 30.4 Å². The van der Waals surface area contributed by atoms with Gasteiger partial charge in [-0.3, -0.25) is 24.0 Å². The van der Waals surface area contributed by atoms with Gasteiger partial charge in [-0.1, -0.05) is 60.7 Å². The molecule has 5 atom stereocenters. The molecule has 1 aliphatic rings. The molecular weight excluding hydrogens is 790 g/mol. The molecule has 3 aromatic rings. The van der Waals surface area contributed by atoms with Crippen LogP contribution in [0.5, 0.6) is 11.5 Å². The van der Waals surface area contributed by atoms with E-state index < -0.39 is 66.4 Å². The smallest absolute Gasteiger partial charge is 0.248 e. The maximum absolute atomic E-state index is 14.5. The lowest BCUT2D eigenvalue weighted by Gasteiger charge is -2.32. The van der Waals surface area contributed by atoms with Gasteiger partial charge in [0.25, 0.3) is 0 Å². The fourth-order valence-electron chi connectivity index (χ4n) is 6.52. The zero-order valence-electron chi connectivity index (χ0n) is 33.6. The highest BCUT2D eigenvalue weighted by atomic mass is 35.5. The van der Waals surface area contributed by atoms with Crippen molar-refractivity contribution in [1.29, 1.82) is 5.26 Å². The predicted molar refractivity (Wildman–Crippen MR) is 227 cm³/mol. The minimum absolute atomic E-state index is 0.0876. The van der Waals surface area contributed by atoms with Crippen LogP contribution in [0, 0.1) is 11.3 Å². The molecule has 60 heavy (non-hydrogen) atoms. The summed E-state index contributed by atoms with van der Waals surface area (Å²) < 4.78 is 0. The molecule has 4 bridgehead atoms. The van der Waals surface area contributed by atoms with Gasteiger partial charge < -0.3 is 47.2 Å². The number of aromatic hydroxyl groups is 2. The second-order valence-electron chi connectivity index (χ2n) is 14.3. The fourth-order valence-corrected chi connectivity index (χ4v) is 6.64. The Balaban J connectivity index is 1.74. The molecule has 0 aliphatic carbocycles. The van der Waals surface area contributed by atoms with Crippen molar-refractivity contribution in [2.45, 2.75) is 69.7 Å². The number of nitrogens with zero attached hydrogens (tertiary/aromatic N) is 2. The zero-order valence-corrected chi connectivity index (χ0v) is 34.3. The zero-order chi connectivity index (χ0) is 44.1. The van der Waals surface area contributed by atoms with E-state index in [1.807, 2.05) is 12.1 Å². The first-order chi connectivity index (χ1) is 28.6. The third-order valence-electron chi connectivity index (χ3n) is 9.97. The molecule has 1 heterocycles. The Kier molecular flexibility index (Phi) is 16.6. The predicted octanol–water partition coefficient (Wildman–Crippen LogP) is 3.29. The first-order valence-electron chi connectivity index (χ1n) is 19.2. The summed E-state index contributed by atoms with van der Waals surface area (Å²) in [6.07, 6.45) is 5.95. The summed E-state index contributed by atoms with van der Waals surface area (Å²) in [6.45, 7) is 6.47. The minimum Gasteiger partial charge on any atom is -0.507 e. The highest BCUT2D eigenvalue weighted by molar-refractivity contribution is 6.30. The molecule has 9 N–H and O–H groups in total. The van der Waals surface area contributed by atoms with Gasteiger partial charge in [0.05, 0.1) is 12.7 Å². The lowest BCUT2D eigenvalue weighted by atomic mass is 9.93. The highest BCUT2D eigenvalue weighted by Gasteiger charge is 2.36. The van der Waals surface area contributed by atoms with Gasteiger partial charge in [0.15, 0.2) is 0 Å². The number of hydrogen-bond donors (Lipinski definition) is 8. The normalized spacial score (nSPS) is 18.1. The van der Waals surface area contributed by atoms with Gasteiger partial charge in [0.1, 0.15) is 41.7 Å². The van der Waals surface area contributed by atoms with Crippen molar-refractivity contribution in [3.05, 3.63) is 113 Å². The van der Waals surface area contributed by atoms with Gasteiger partial charge in [0.2, 0.25) is 29.5 Å². The topological polar surface area (TPSA) is 247 Å². The monoisotopic (exact) mass is 839 g/mol. The van der Waals surface area contributed by atoms with E-state index in [1.54, 1.807) is 43.4 Å². The fraction of sp³-hybridized carbons (Fsp3) is 0.318. The largest absolute Gasteiger partial charge is 0.507 e. The Bertz CT molecular complexity index is 2200. The number of likely N-dealkylation sites (N-methyl/N-ethyl adjacent to an activating group) is 1. The van der Waals surface area contributed by atoms with Gasteiger partial charge in [-0.05, 0) is 98.3 Å². The second-order valence-corrected chi connectivity index (χ2v) is 14.8. The molecular formula is C44H50ClN7O8. The number of carbonyl (C=O) groups is 5. The van der Waals surface area contributed by atoms with Crippen molar-refractivity contribution in [3.63, 3.8) is 0 Å². The standard InChI is InChI=1S/C44H50ClN7O8/c1-5-28(29-12-15-31(45)16-13-29)11-9-25(2)40(56)50-35(8-6-7-19-46)44(60)52(4)39-30-14-18-38(55)34(22-30)33-20-27(10-17-37(33)54)21-36(42(58)49-32(23-47)24-53)51-41(57)26(3)48-43(39)59/h5,9-18,20,22,26,32,35-36,39,53-55H,1,6-8,19,21,24,46H2,2-4H3,(H,48,59)(H,49,58)(H,50,56)(H,51,57)/b25-9+,28-11+/t26-,32+,35-,36-,39-/m0/s1. The van der Waals surface area contributed by atoms with Crippen molar-refractivity contribution >= 4 is 46.7 Å². The van der Waals surface area contributed by atoms with Crippen LogP contribution in [0.4, 0.5) is 0 Å². The molecule has 0 fully saturated rings. The SMILES string of the molecule is C=C/C(=C\C=C(/C)C(=O)N[C@@H](CCCCN)C(=O)N(C)[C@@H]1C(=O)N[C@@H](C)C(=O)N[C@H](C(=O)N[C@H](C#N)CO)Cc2ccc(O)c(c2)-c2cc1ccc2O)c1ccc(Cl)cc1. The number of aliphatic hydroxyl groups is 1. The van der Waals surface area contributed by atoms with Crippen LogP contribution in [-0.4, -0.2) is 94.1 Å². The summed E-state index contributed by atoms with van der Waals surface area (Å²) in [7, 11) is 1.37. The van der Waals surface area contributed by atoms with E-state index in [2.05, 4.69) is 27.8 Å². The molecule has 316 valence electrons. The number of phenolic OH excluding ortho intramolecular Hbond substituents is 2. The summed E-state index contributed by atoms with van der Waals surface area (Å²) in [5, 5.41) is 51.8. The summed E-state index contributed by atoms with van der Waals surface area (Å²) in [5.41, 5.74) is 8.40. The summed E-state index contributed by atoms with van der Waals surface area (Å²) in [6, 6.07) is 10.9. The number of amides is 5. The average molecular weight is 840 g/mol. The number of hydrogen-bond acceptors (Lipinski definition) is 10. The first-order valence-corrected chi connectivity index (χ1v) is 19.6. The van der Waals surface area contributed by atoms with E-state index in [0.717, 1.165) is 16.0 Å². The molecule has 1 aliphatic heterocycles. The molecule has 0 saturated carbocycles. The number of unbranched alkanes of at least 4 members (excludes halogenated alkanes) is 1. The summed E-state index contributed by atoms with van der Waals surface area (Å²) in [5.74, 6) is -4.14. The highest BCUT2D eigenvalue weighted by Crippen LogP contribution is 2.39. The first kappa shape index (κ1) is 46.2. The van der Waals surface area contributed by atoms with Crippen molar-refractivity contribution in [2.75, 3.05) is 20.2 Å². The molecule has 3 aromatic carbocycles. The number of halogens is 1. The van der Waals surface area contributed by atoms with Crippen LogP contribution in [0.2, 0.25) is 5.02 Å². The van der Waals surface area contributed by atoms with Crippen LogP contribution in [0.3, 0.4) is 0 Å². The molecule has 4 rings (SSSR count). The summed E-state index contributed by atoms with van der Waals surface area (Å²) >= 11 is 6.04. The molecule has 0 radical (unpaired) electrons. The number of allylic oxidation sites excluding steroid dienone is 4. The van der Waals surface area contributed by atoms with E-state index in [-0.39, 0.29) is 46.6 Å². The van der Waals surface area contributed by atoms with Crippen LogP contribution in [0.25, 0.3) is 16.7 Å². The van der Waals surface area contributed by atoms with Crippen molar-refractivity contribution in [3.8, 4) is 28.7 Å². The van der Waals surface area contributed by atoms with Crippen LogP contribution < -0.4 is 27.0 Å². The number of benzene rings is 3. The number of aliphatic hydroxyl groups excluding tert-OH is 1. The third kappa shape index (κ3) is 11.8. The number of nitriles is 1. The van der Waals surface area contributed by atoms with E-state index in [9.17, 15) is 44.6 Å². The number of nitrogens with one attached hydrogen (secondary N) is 4. The molecule has 5 amide bonds. The van der Waals surface area contributed by atoms with E-state index >= 15 is 0 Å². The third-order valence-corrected chi connectivity index (χ3v) is 10.2. The van der Waals surface area contributed by atoms with E-state index in [1.165, 1.54) is 50.4 Å². The molecule has 15 nitrogen and oxygen atoms in total. The van der Waals surface area contributed by atoms with Crippen LogP contribution in [0.1, 0.15) is 55.8 Å². The Morgan fingerprint density at radius 1 is 1.00 bits per heavy atom. The van der Waals surface area contributed by atoms with Gasteiger partial charge in [0, 0.05) is 35.2 Å². The van der Waals surface area contributed by atoms with Crippen molar-refractivity contribution in [1.82, 2.24) is 26.2 Å². The molecule has 0 aromatic heterocycles. The number of rotatable bonds is 14. The number of carbonyl (C=O) groups excluding carboxylic acids is 5. The van der Waals surface area contributed by atoms with Crippen LogP contribution >= 0.6 is 11.6 Å². The Morgan fingerprint density at radius 3 is 2.30 bits per heavy atom. The average Bonchev–Trinajstić information content (AvgIpc) is 3.23. The van der Waals surface area contributed by atoms with Crippen LogP contribution in [0.15, 0.2) is 91.0 Å². The second kappa shape index (κ2) is 21.5. The van der Waals surface area contributed by atoms with Gasteiger partial charge >= 0.3 is 0 Å². The maximum Gasteiger partial charge on any atom is 0.248 e. The lowest BCUT2D eigenvalue weighted by molar-refractivity contribution is -0.142. The van der Waals surface area contributed by atoms with Gasteiger partial charge in [-0.25, -0.2) is 0 Å². The van der Waals surface area contributed by atoms with Gasteiger partial charge in [-0.2, -0.15) is 5.26 Å². The maximum atomic E-state index is 14.5. The quantitative estimate of drug-likeness (QED) is 0.0669. The van der Waals surface area contributed by atoms with E-state index in [0.29, 0.717) is 30.0 Å². The van der Waals surface area contributed by atoms with Gasteiger partial charge in [-0.15, -0.1) is 0 Å². The van der Waals surface area contributed by atoms with Crippen molar-refractivity contribution in [2.24, 2.45) is 5.73 Å². The Morgan fingerprint density at radius 2 is 1.67 bits per heavy atom. The number of fused-ring (bicyclic) bond motifs is 5. The van der Waals surface area contributed by atoms with E-state index in [4.69, 9.17) is 17.3 Å². The Labute approximate surface area is 353 Å². The van der Waals surface area contributed by atoms with Crippen molar-refractivity contribution < 1.29 is 39.3 Å². The number of nitrogens with two attached hydrogens (primary N) is 1. The lowest BCUT2D eigenvalue weighted by Crippen LogP contribution is -2.56. The molecule has 0 spiro atoms. The Hall–Kier alpha value is -6.47. The molecule has 0 unspecified atom stereocenters. The number of phenols is 2.